The van der Waals surface area contributed by atoms with Gasteiger partial charge in [-0.3, -0.25) is 14.5 Å². The van der Waals surface area contributed by atoms with Crippen LogP contribution in [0, 0.1) is 0 Å². The van der Waals surface area contributed by atoms with Crippen LogP contribution in [0.1, 0.15) is 19.8 Å². The Bertz CT molecular complexity index is 85.1. The second kappa shape index (κ2) is 5.28. The van der Waals surface area contributed by atoms with Crippen LogP contribution >= 0.6 is 0 Å². The summed E-state index contributed by atoms with van der Waals surface area (Å²) in [6.45, 7) is 2.48. The highest BCUT2D eigenvalue weighted by Gasteiger charge is 1.96. The van der Waals surface area contributed by atoms with Gasteiger partial charge >= 0.3 is 6.41 Å². The van der Waals surface area contributed by atoms with E-state index in [1.165, 1.54) is 6.41 Å². The van der Waals surface area contributed by atoms with E-state index in [1.807, 2.05) is 6.92 Å². The Labute approximate surface area is 54.6 Å². The molecule has 3 heteroatoms. The summed E-state index contributed by atoms with van der Waals surface area (Å²) in [5.41, 5.74) is 0. The molecular weight excluding hydrogens is 118 g/mol. The standard InChI is InChI=1S/C6H10NO2/c1-2-3-4-7(5-8)6-9/h5H,2-4H2,1H3. The van der Waals surface area contributed by atoms with Gasteiger partial charge < -0.3 is 0 Å². The van der Waals surface area contributed by atoms with Gasteiger partial charge in [-0.15, -0.1) is 0 Å². The van der Waals surface area contributed by atoms with Crippen LogP contribution in [0.25, 0.3) is 0 Å². The van der Waals surface area contributed by atoms with Gasteiger partial charge in [0.1, 0.15) is 0 Å². The Morgan fingerprint density at radius 3 is 2.67 bits per heavy atom. The molecule has 0 aliphatic rings. The summed E-state index contributed by atoms with van der Waals surface area (Å²) in [6.07, 6.45) is 3.82. The van der Waals surface area contributed by atoms with Gasteiger partial charge in [0.2, 0.25) is 6.41 Å². The van der Waals surface area contributed by atoms with E-state index in [0.717, 1.165) is 17.7 Å². The first-order valence-corrected chi connectivity index (χ1v) is 2.94. The molecule has 0 spiro atoms. The van der Waals surface area contributed by atoms with E-state index in [2.05, 4.69) is 0 Å². The molecule has 51 valence electrons. The summed E-state index contributed by atoms with van der Waals surface area (Å²) in [5.74, 6) is 0. The van der Waals surface area contributed by atoms with Gasteiger partial charge in [-0.2, -0.15) is 0 Å². The average molecular weight is 128 g/mol. The Kier molecular flexibility index (Phi) is 4.78. The second-order valence-electron chi connectivity index (χ2n) is 1.74. The lowest BCUT2D eigenvalue weighted by Crippen LogP contribution is -2.20. The minimum absolute atomic E-state index is 0.489. The number of amides is 2. The molecule has 0 bridgehead atoms. The van der Waals surface area contributed by atoms with E-state index in [0.29, 0.717) is 13.0 Å². The van der Waals surface area contributed by atoms with Crippen LogP contribution < -0.4 is 0 Å². The van der Waals surface area contributed by atoms with Crippen LogP contribution in [-0.4, -0.2) is 24.3 Å². The smallest absolute Gasteiger partial charge is 0.278 e. The van der Waals surface area contributed by atoms with Gasteiger partial charge in [0.25, 0.3) is 0 Å². The first kappa shape index (κ1) is 8.14. The van der Waals surface area contributed by atoms with Crippen molar-refractivity contribution in [3.8, 4) is 0 Å². The molecular formula is C6H10NO2. The third kappa shape index (κ3) is 3.70. The molecule has 0 aromatic rings. The lowest BCUT2D eigenvalue weighted by atomic mass is 10.3. The fourth-order valence-corrected chi connectivity index (χ4v) is 0.448. The van der Waals surface area contributed by atoms with Crippen LogP contribution in [-0.2, 0) is 9.59 Å². The SMILES string of the molecule is CCCCN([C]=O)C=O. The van der Waals surface area contributed by atoms with Crippen LogP contribution in [0.15, 0.2) is 0 Å². The van der Waals surface area contributed by atoms with Gasteiger partial charge in [0.15, 0.2) is 0 Å². The third-order valence-corrected chi connectivity index (χ3v) is 0.997. The van der Waals surface area contributed by atoms with Crippen molar-refractivity contribution in [3.63, 3.8) is 0 Å². The molecule has 3 nitrogen and oxygen atoms in total. The summed E-state index contributed by atoms with van der Waals surface area (Å²) in [4.78, 5) is 20.7. The zero-order valence-electron chi connectivity index (χ0n) is 5.46. The average Bonchev–Trinajstić information content (AvgIpc) is 1.91. The molecule has 0 unspecified atom stereocenters. The molecule has 0 aliphatic carbocycles. The molecule has 0 saturated heterocycles. The summed E-state index contributed by atoms with van der Waals surface area (Å²) in [7, 11) is 0. The number of hydrogen-bond donors (Lipinski definition) is 0. The highest BCUT2D eigenvalue weighted by Crippen LogP contribution is 1.87. The van der Waals surface area contributed by atoms with Crippen LogP contribution in [0.5, 0.6) is 0 Å². The molecule has 0 aliphatic heterocycles. The van der Waals surface area contributed by atoms with Crippen molar-refractivity contribution in [1.29, 1.82) is 0 Å². The minimum atomic E-state index is 0.489. The van der Waals surface area contributed by atoms with E-state index in [9.17, 15) is 9.59 Å². The van der Waals surface area contributed by atoms with E-state index >= 15 is 0 Å². The molecule has 0 saturated carbocycles. The second-order valence-corrected chi connectivity index (χ2v) is 1.74. The van der Waals surface area contributed by atoms with Crippen molar-refractivity contribution in [1.82, 2.24) is 4.90 Å². The number of hydrogen-bond acceptors (Lipinski definition) is 2. The van der Waals surface area contributed by atoms with E-state index in [4.69, 9.17) is 0 Å². The summed E-state index contributed by atoms with van der Waals surface area (Å²) >= 11 is 0. The fourth-order valence-electron chi connectivity index (χ4n) is 0.448. The van der Waals surface area contributed by atoms with Gasteiger partial charge in [-0.1, -0.05) is 13.3 Å². The van der Waals surface area contributed by atoms with Crippen LogP contribution in [0.2, 0.25) is 0 Å². The molecule has 0 rings (SSSR count). The zero-order chi connectivity index (χ0) is 7.11. The molecule has 0 heterocycles. The van der Waals surface area contributed by atoms with Gasteiger partial charge in [0.05, 0.1) is 0 Å². The van der Waals surface area contributed by atoms with E-state index < -0.39 is 0 Å². The highest BCUT2D eigenvalue weighted by atomic mass is 16.2. The quantitative estimate of drug-likeness (QED) is 0.395. The number of rotatable bonds is 5. The predicted molar refractivity (Wildman–Crippen MR) is 33.4 cm³/mol. The number of carbonyl (C=O) groups excluding carboxylic acids is 2. The van der Waals surface area contributed by atoms with Crippen LogP contribution in [0.3, 0.4) is 0 Å². The zero-order valence-corrected chi connectivity index (χ0v) is 5.46. The van der Waals surface area contributed by atoms with Gasteiger partial charge in [-0.05, 0) is 6.42 Å². The molecule has 9 heavy (non-hydrogen) atoms. The normalized spacial score (nSPS) is 8.56. The number of carbonyl (C=O) groups is 1. The molecule has 0 atom stereocenters. The lowest BCUT2D eigenvalue weighted by Gasteiger charge is -2.03. The largest absolute Gasteiger partial charge is 0.318 e. The lowest BCUT2D eigenvalue weighted by molar-refractivity contribution is -0.114. The van der Waals surface area contributed by atoms with Crippen LogP contribution in [0.4, 0.5) is 0 Å². The molecule has 1 radical (unpaired) electrons. The predicted octanol–water partition coefficient (Wildman–Crippen LogP) is 0.312. The molecule has 0 fully saturated rings. The Morgan fingerprint density at radius 1 is 1.67 bits per heavy atom. The number of nitrogens with zero attached hydrogens (tertiary/aromatic N) is 1. The maximum Gasteiger partial charge on any atom is 0.318 e. The Balaban J connectivity index is 3.30. The Morgan fingerprint density at radius 2 is 2.33 bits per heavy atom. The van der Waals surface area contributed by atoms with E-state index in [1.54, 1.807) is 0 Å². The third-order valence-electron chi connectivity index (χ3n) is 0.997. The van der Waals surface area contributed by atoms with Crippen molar-refractivity contribution in [3.05, 3.63) is 0 Å². The van der Waals surface area contributed by atoms with Crippen molar-refractivity contribution < 1.29 is 9.59 Å². The molecule has 0 aromatic heterocycles. The molecule has 2 amide bonds. The highest BCUT2D eigenvalue weighted by molar-refractivity contribution is 5.68. The van der Waals surface area contributed by atoms with Gasteiger partial charge in [-0.25, -0.2) is 0 Å². The summed E-state index contributed by atoms with van der Waals surface area (Å²) in [6, 6.07) is 0. The van der Waals surface area contributed by atoms with E-state index in [-0.39, 0.29) is 0 Å². The molecule has 0 N–H and O–H groups in total. The summed E-state index contributed by atoms with van der Waals surface area (Å²) in [5, 5.41) is 0. The Hall–Kier alpha value is -0.860. The van der Waals surface area contributed by atoms with Crippen molar-refractivity contribution in [2.45, 2.75) is 19.8 Å². The number of imide groups is 1. The van der Waals surface area contributed by atoms with Crippen molar-refractivity contribution in [2.24, 2.45) is 0 Å². The summed E-state index contributed by atoms with van der Waals surface area (Å²) < 4.78 is 0. The fraction of sp³-hybridized carbons (Fsp3) is 0.667. The van der Waals surface area contributed by atoms with Crippen molar-refractivity contribution in [2.75, 3.05) is 6.54 Å². The number of unbranched alkanes of at least 4 members (excludes halogenated alkanes) is 1. The maximum atomic E-state index is 9.91. The topological polar surface area (TPSA) is 37.4 Å². The molecule has 0 aromatic carbocycles. The first-order valence-electron chi connectivity index (χ1n) is 2.94. The monoisotopic (exact) mass is 128 g/mol. The first-order chi connectivity index (χ1) is 4.35. The van der Waals surface area contributed by atoms with Gasteiger partial charge in [0, 0.05) is 6.54 Å². The maximum absolute atomic E-state index is 9.91. The minimum Gasteiger partial charge on any atom is -0.278 e. The van der Waals surface area contributed by atoms with Crippen molar-refractivity contribution >= 4 is 12.8 Å².